The van der Waals surface area contributed by atoms with Gasteiger partial charge in [0.1, 0.15) is 0 Å². The molecule has 2 aromatic heterocycles. The van der Waals surface area contributed by atoms with Gasteiger partial charge in [-0.3, -0.25) is 0 Å². The van der Waals surface area contributed by atoms with E-state index in [1.54, 1.807) is 0 Å². The second-order valence-corrected chi connectivity index (χ2v) is 13.6. The highest BCUT2D eigenvalue weighted by Crippen LogP contribution is 2.47. The zero-order chi connectivity index (χ0) is 32.3. The molecule has 0 fully saturated rings. The summed E-state index contributed by atoms with van der Waals surface area (Å²) in [5.74, 6) is 0. The Bertz CT molecular complexity index is 2820. The molecule has 0 radical (unpaired) electrons. The lowest BCUT2D eigenvalue weighted by Crippen LogP contribution is -2.10. The van der Waals surface area contributed by atoms with Crippen molar-refractivity contribution in [2.24, 2.45) is 0 Å². The molecule has 0 amide bonds. The highest BCUT2D eigenvalue weighted by atomic mass is 32.1. The number of thiophene rings is 1. The van der Waals surface area contributed by atoms with Crippen LogP contribution in [0, 0.1) is 0 Å². The van der Waals surface area contributed by atoms with Crippen LogP contribution >= 0.6 is 11.3 Å². The standard InChI is InChI=1S/C46H30N2S/c1-2-15-33(16-3-1)48-41-22-8-6-18-37(41)38-21-11-20-36(46(38)48)32-27-29-34(30-28-32)47(40-23-10-14-31-13-4-5-17-35(31)40)42-24-12-26-44-45(42)39-19-7-9-25-43(39)49-44/h1-30H. The van der Waals surface area contributed by atoms with Crippen molar-refractivity contribution >= 4 is 81.1 Å². The molecule has 0 aliphatic carbocycles. The predicted molar refractivity (Wildman–Crippen MR) is 211 cm³/mol. The van der Waals surface area contributed by atoms with Crippen LogP contribution in [0.2, 0.25) is 0 Å². The van der Waals surface area contributed by atoms with Gasteiger partial charge in [-0.25, -0.2) is 0 Å². The molecule has 230 valence electrons. The van der Waals surface area contributed by atoms with Gasteiger partial charge >= 0.3 is 0 Å². The number of rotatable bonds is 5. The number of nitrogens with zero attached hydrogens (tertiary/aromatic N) is 2. The number of anilines is 3. The first-order chi connectivity index (χ1) is 24.3. The maximum Gasteiger partial charge on any atom is 0.0619 e. The van der Waals surface area contributed by atoms with Gasteiger partial charge in [0.15, 0.2) is 0 Å². The molecule has 49 heavy (non-hydrogen) atoms. The van der Waals surface area contributed by atoms with E-state index < -0.39 is 0 Å². The first-order valence-corrected chi connectivity index (χ1v) is 17.5. The Morgan fingerprint density at radius 3 is 1.94 bits per heavy atom. The van der Waals surface area contributed by atoms with Crippen molar-refractivity contribution in [3.8, 4) is 16.8 Å². The Morgan fingerprint density at radius 1 is 0.429 bits per heavy atom. The van der Waals surface area contributed by atoms with E-state index in [0.29, 0.717) is 0 Å². The minimum atomic E-state index is 1.12. The molecule has 0 N–H and O–H groups in total. The van der Waals surface area contributed by atoms with E-state index in [-0.39, 0.29) is 0 Å². The summed E-state index contributed by atoms with van der Waals surface area (Å²) < 4.78 is 5.01. The second-order valence-electron chi connectivity index (χ2n) is 12.5. The minimum absolute atomic E-state index is 1.12. The van der Waals surface area contributed by atoms with Crippen LogP contribution in [0.3, 0.4) is 0 Å². The lowest BCUT2D eigenvalue weighted by atomic mass is 10.0. The molecular weight excluding hydrogens is 613 g/mol. The van der Waals surface area contributed by atoms with Crippen molar-refractivity contribution in [3.05, 3.63) is 182 Å². The zero-order valence-electron chi connectivity index (χ0n) is 26.6. The van der Waals surface area contributed by atoms with Gasteiger partial charge in [0.2, 0.25) is 0 Å². The van der Waals surface area contributed by atoms with Crippen LogP contribution in [0.15, 0.2) is 182 Å². The molecule has 10 rings (SSSR count). The molecule has 0 aliphatic rings. The number of fused-ring (bicyclic) bond motifs is 7. The van der Waals surface area contributed by atoms with E-state index in [1.807, 2.05) is 11.3 Å². The number of benzene rings is 8. The van der Waals surface area contributed by atoms with Gasteiger partial charge in [-0.1, -0.05) is 127 Å². The lowest BCUT2D eigenvalue weighted by molar-refractivity contribution is 1.18. The fourth-order valence-electron chi connectivity index (χ4n) is 7.64. The van der Waals surface area contributed by atoms with Gasteiger partial charge in [0.25, 0.3) is 0 Å². The fraction of sp³-hybridized carbons (Fsp3) is 0. The molecule has 0 atom stereocenters. The number of para-hydroxylation sites is 3. The molecule has 0 spiro atoms. The molecule has 0 saturated heterocycles. The van der Waals surface area contributed by atoms with Crippen LogP contribution < -0.4 is 4.90 Å². The Hall–Kier alpha value is -6.16. The summed E-state index contributed by atoms with van der Waals surface area (Å²) in [5, 5.41) is 7.55. The Morgan fingerprint density at radius 2 is 1.06 bits per heavy atom. The van der Waals surface area contributed by atoms with Crippen molar-refractivity contribution in [3.63, 3.8) is 0 Å². The SMILES string of the molecule is c1ccc(-n2c3ccccc3c3cccc(-c4ccc(N(c5cccc6ccccc56)c5cccc6sc7ccccc7c56)cc4)c32)cc1. The van der Waals surface area contributed by atoms with Crippen LogP contribution in [-0.4, -0.2) is 4.57 Å². The molecule has 2 nitrogen and oxygen atoms in total. The summed E-state index contributed by atoms with van der Waals surface area (Å²) in [5.41, 5.74) is 9.48. The third-order valence-corrected chi connectivity index (χ3v) is 10.9. The Labute approximate surface area is 288 Å². The van der Waals surface area contributed by atoms with Crippen LogP contribution in [0.5, 0.6) is 0 Å². The quantitative estimate of drug-likeness (QED) is 0.181. The highest BCUT2D eigenvalue weighted by molar-refractivity contribution is 7.26. The molecule has 10 aromatic rings. The smallest absolute Gasteiger partial charge is 0.0619 e. The second kappa shape index (κ2) is 11.2. The molecule has 0 saturated carbocycles. The maximum atomic E-state index is 2.45. The van der Waals surface area contributed by atoms with Crippen molar-refractivity contribution in [2.75, 3.05) is 4.90 Å². The first kappa shape index (κ1) is 27.9. The van der Waals surface area contributed by atoms with Crippen molar-refractivity contribution in [1.82, 2.24) is 4.57 Å². The Balaban J connectivity index is 1.20. The normalized spacial score (nSPS) is 11.7. The number of aromatic nitrogens is 1. The third kappa shape index (κ3) is 4.40. The van der Waals surface area contributed by atoms with Gasteiger partial charge in [-0.05, 0) is 65.5 Å². The lowest BCUT2D eigenvalue weighted by Gasteiger charge is -2.28. The topological polar surface area (TPSA) is 8.17 Å². The summed E-state index contributed by atoms with van der Waals surface area (Å²) in [6.45, 7) is 0. The summed E-state index contributed by atoms with van der Waals surface area (Å²) in [4.78, 5) is 2.45. The number of hydrogen-bond donors (Lipinski definition) is 0. The largest absolute Gasteiger partial charge is 0.309 e. The predicted octanol–water partition coefficient (Wildman–Crippen LogP) is 13.4. The highest BCUT2D eigenvalue weighted by Gasteiger charge is 2.21. The molecule has 8 aromatic carbocycles. The van der Waals surface area contributed by atoms with E-state index in [0.717, 1.165) is 11.4 Å². The van der Waals surface area contributed by atoms with E-state index in [1.165, 1.54) is 75.3 Å². The average molecular weight is 643 g/mol. The van der Waals surface area contributed by atoms with Crippen LogP contribution in [-0.2, 0) is 0 Å². The zero-order valence-corrected chi connectivity index (χ0v) is 27.4. The molecule has 0 aliphatic heterocycles. The van der Waals surface area contributed by atoms with E-state index in [9.17, 15) is 0 Å². The first-order valence-electron chi connectivity index (χ1n) is 16.7. The molecule has 3 heteroatoms. The van der Waals surface area contributed by atoms with Crippen LogP contribution in [0.1, 0.15) is 0 Å². The van der Waals surface area contributed by atoms with Gasteiger partial charge in [-0.15, -0.1) is 11.3 Å². The van der Waals surface area contributed by atoms with Crippen molar-refractivity contribution in [2.45, 2.75) is 0 Å². The summed E-state index contributed by atoms with van der Waals surface area (Å²) in [6, 6.07) is 66.1. The summed E-state index contributed by atoms with van der Waals surface area (Å²) in [7, 11) is 0. The van der Waals surface area contributed by atoms with Crippen molar-refractivity contribution < 1.29 is 0 Å². The molecule has 0 unspecified atom stereocenters. The van der Waals surface area contributed by atoms with Gasteiger partial charge < -0.3 is 9.47 Å². The summed E-state index contributed by atoms with van der Waals surface area (Å²) in [6.07, 6.45) is 0. The van der Waals surface area contributed by atoms with E-state index in [4.69, 9.17) is 0 Å². The van der Waals surface area contributed by atoms with Crippen LogP contribution in [0.25, 0.3) is 69.6 Å². The third-order valence-electron chi connectivity index (χ3n) is 9.77. The molecule has 0 bridgehead atoms. The summed E-state index contributed by atoms with van der Waals surface area (Å²) >= 11 is 1.86. The maximum absolute atomic E-state index is 2.45. The fourth-order valence-corrected chi connectivity index (χ4v) is 8.77. The van der Waals surface area contributed by atoms with E-state index in [2.05, 4.69) is 191 Å². The van der Waals surface area contributed by atoms with Gasteiger partial charge in [0.05, 0.1) is 22.4 Å². The van der Waals surface area contributed by atoms with E-state index >= 15 is 0 Å². The Kier molecular flexibility index (Phi) is 6.39. The van der Waals surface area contributed by atoms with Crippen molar-refractivity contribution in [1.29, 1.82) is 0 Å². The van der Waals surface area contributed by atoms with Gasteiger partial charge in [0, 0.05) is 53.3 Å². The number of hydrogen-bond acceptors (Lipinski definition) is 2. The molecule has 2 heterocycles. The van der Waals surface area contributed by atoms with Crippen LogP contribution in [0.4, 0.5) is 17.1 Å². The monoisotopic (exact) mass is 642 g/mol. The van der Waals surface area contributed by atoms with Gasteiger partial charge in [-0.2, -0.15) is 0 Å². The minimum Gasteiger partial charge on any atom is -0.309 e. The molecular formula is C46H30N2S. The average Bonchev–Trinajstić information content (AvgIpc) is 3.72.